The molecule has 3 nitrogen and oxygen atoms in total. The second-order valence-corrected chi connectivity index (χ2v) is 6.36. The van der Waals surface area contributed by atoms with Crippen LogP contribution < -0.4 is 0 Å². The summed E-state index contributed by atoms with van der Waals surface area (Å²) in [7, 11) is 0. The van der Waals surface area contributed by atoms with Gasteiger partial charge in [0.05, 0.1) is 10.8 Å². The molecular formula is C14H13NO2S2. The van der Waals surface area contributed by atoms with Gasteiger partial charge in [-0.1, -0.05) is 35.7 Å². The molecule has 0 unspecified atom stereocenters. The number of carbonyl (C=O) groups excluding carboxylic acids is 1. The molecule has 1 aliphatic rings. The Balaban J connectivity index is 2.42. The quantitative estimate of drug-likeness (QED) is 0.471. The van der Waals surface area contributed by atoms with Crippen LogP contribution in [0, 0.1) is 25.2 Å². The summed E-state index contributed by atoms with van der Waals surface area (Å²) in [6, 6.07) is 6.08. The second kappa shape index (κ2) is 5.72. The molecule has 19 heavy (non-hydrogen) atoms. The van der Waals surface area contributed by atoms with E-state index >= 15 is 0 Å². The summed E-state index contributed by atoms with van der Waals surface area (Å²) in [6.45, 7) is 6.07. The zero-order valence-corrected chi connectivity index (χ0v) is 12.6. The topological polar surface area (TPSA) is 50.1 Å². The van der Waals surface area contributed by atoms with Crippen LogP contribution in [0.5, 0.6) is 0 Å². The van der Waals surface area contributed by atoms with Crippen molar-refractivity contribution in [1.29, 1.82) is 5.26 Å². The highest BCUT2D eigenvalue weighted by atomic mass is 32.2. The lowest BCUT2D eigenvalue weighted by Gasteiger charge is -2.03. The average Bonchev–Trinajstić information content (AvgIpc) is 2.81. The molecule has 0 bridgehead atoms. The summed E-state index contributed by atoms with van der Waals surface area (Å²) in [5.41, 5.74) is 2.43. The van der Waals surface area contributed by atoms with Crippen molar-refractivity contribution in [2.24, 2.45) is 0 Å². The Morgan fingerprint density at radius 2 is 1.79 bits per heavy atom. The molecule has 0 atom stereocenters. The van der Waals surface area contributed by atoms with E-state index in [1.807, 2.05) is 19.9 Å². The molecule has 5 heteroatoms. The highest BCUT2D eigenvalue weighted by Gasteiger charge is 2.27. The smallest absolute Gasteiger partial charge is 0.350 e. The zero-order chi connectivity index (χ0) is 14.0. The summed E-state index contributed by atoms with van der Waals surface area (Å²) in [6.07, 6.45) is 0. The van der Waals surface area contributed by atoms with Gasteiger partial charge in [-0.15, -0.1) is 0 Å². The van der Waals surface area contributed by atoms with Gasteiger partial charge < -0.3 is 4.74 Å². The molecule has 98 valence electrons. The number of carbonyl (C=O) groups is 1. The van der Waals surface area contributed by atoms with E-state index in [4.69, 9.17) is 10.00 Å². The van der Waals surface area contributed by atoms with E-state index in [1.54, 1.807) is 6.92 Å². The SMILES string of the molecule is CCOC(=O)C(C#N)=C1Sc2c(C)ccc(C)c2S1. The van der Waals surface area contributed by atoms with Gasteiger partial charge in [-0.25, -0.2) is 4.79 Å². The van der Waals surface area contributed by atoms with Gasteiger partial charge in [-0.05, 0) is 31.9 Å². The number of nitrogens with zero attached hydrogens (tertiary/aromatic N) is 1. The third-order valence-electron chi connectivity index (χ3n) is 2.69. The van der Waals surface area contributed by atoms with Crippen LogP contribution in [-0.4, -0.2) is 12.6 Å². The van der Waals surface area contributed by atoms with Gasteiger partial charge >= 0.3 is 5.97 Å². The van der Waals surface area contributed by atoms with E-state index in [0.717, 1.165) is 20.9 Å². The number of thioether (sulfide) groups is 2. The number of hydrogen-bond acceptors (Lipinski definition) is 5. The lowest BCUT2D eigenvalue weighted by Crippen LogP contribution is -2.07. The fraction of sp³-hybridized carbons (Fsp3) is 0.286. The minimum Gasteiger partial charge on any atom is -0.462 e. The number of hydrogen-bond donors (Lipinski definition) is 0. The number of rotatable bonds is 2. The molecule has 0 saturated heterocycles. The molecule has 1 aliphatic heterocycles. The number of fused-ring (bicyclic) bond motifs is 1. The van der Waals surface area contributed by atoms with Gasteiger partial charge in [0.15, 0.2) is 5.57 Å². The Morgan fingerprint density at radius 1 is 1.26 bits per heavy atom. The molecule has 0 spiro atoms. The van der Waals surface area contributed by atoms with Crippen LogP contribution in [0.1, 0.15) is 18.1 Å². The minimum absolute atomic E-state index is 0.104. The van der Waals surface area contributed by atoms with Gasteiger partial charge in [-0.3, -0.25) is 0 Å². The molecule has 0 radical (unpaired) electrons. The van der Waals surface area contributed by atoms with Gasteiger partial charge in [0.1, 0.15) is 6.07 Å². The zero-order valence-electron chi connectivity index (χ0n) is 10.9. The standard InChI is InChI=1S/C14H13NO2S2/c1-4-17-13(16)10(7-15)14-18-11-8(2)5-6-9(3)12(11)19-14/h5-6H,4H2,1-3H3. The van der Waals surface area contributed by atoms with Crippen molar-refractivity contribution in [3.05, 3.63) is 33.1 Å². The second-order valence-electron chi connectivity index (χ2n) is 4.06. The van der Waals surface area contributed by atoms with E-state index in [-0.39, 0.29) is 12.2 Å². The first-order valence-corrected chi connectivity index (χ1v) is 7.49. The molecule has 1 aromatic carbocycles. The monoisotopic (exact) mass is 291 g/mol. The van der Waals surface area contributed by atoms with Crippen molar-refractivity contribution in [3.63, 3.8) is 0 Å². The van der Waals surface area contributed by atoms with Crippen LogP contribution >= 0.6 is 23.5 Å². The summed E-state index contributed by atoms with van der Waals surface area (Å²) in [5, 5.41) is 9.17. The summed E-state index contributed by atoms with van der Waals surface area (Å²) >= 11 is 2.97. The molecule has 0 fully saturated rings. The Bertz CT molecular complexity index is 582. The molecule has 0 aliphatic carbocycles. The molecule has 0 N–H and O–H groups in total. The lowest BCUT2D eigenvalue weighted by molar-refractivity contribution is -0.138. The molecule has 1 heterocycles. The van der Waals surface area contributed by atoms with Crippen molar-refractivity contribution in [3.8, 4) is 6.07 Å². The number of nitriles is 1. The summed E-state index contributed by atoms with van der Waals surface area (Å²) in [5.74, 6) is -0.539. The predicted molar refractivity (Wildman–Crippen MR) is 76.9 cm³/mol. The maximum atomic E-state index is 11.8. The number of aryl methyl sites for hydroxylation is 2. The van der Waals surface area contributed by atoms with Crippen LogP contribution in [0.3, 0.4) is 0 Å². The van der Waals surface area contributed by atoms with E-state index in [2.05, 4.69) is 12.1 Å². The number of benzene rings is 1. The van der Waals surface area contributed by atoms with Gasteiger partial charge in [0.25, 0.3) is 0 Å². The Morgan fingerprint density at radius 3 is 2.21 bits per heavy atom. The molecule has 1 aromatic rings. The van der Waals surface area contributed by atoms with Crippen LogP contribution in [-0.2, 0) is 9.53 Å². The first-order valence-electron chi connectivity index (χ1n) is 5.85. The first-order chi connectivity index (χ1) is 9.08. The van der Waals surface area contributed by atoms with Crippen molar-refractivity contribution in [1.82, 2.24) is 0 Å². The third-order valence-corrected chi connectivity index (χ3v) is 5.56. The number of esters is 1. The predicted octanol–water partition coefficient (Wildman–Crippen LogP) is 3.80. The van der Waals surface area contributed by atoms with Crippen molar-refractivity contribution in [2.45, 2.75) is 30.6 Å². The lowest BCUT2D eigenvalue weighted by atomic mass is 10.2. The Kier molecular flexibility index (Phi) is 4.23. The molecule has 0 amide bonds. The minimum atomic E-state index is -0.539. The average molecular weight is 291 g/mol. The Hall–Kier alpha value is -1.38. The third kappa shape index (κ3) is 2.65. The fourth-order valence-corrected chi connectivity index (χ4v) is 4.41. The van der Waals surface area contributed by atoms with Crippen molar-refractivity contribution >= 4 is 29.5 Å². The van der Waals surface area contributed by atoms with Gasteiger partial charge in [-0.2, -0.15) is 5.26 Å². The van der Waals surface area contributed by atoms with Crippen molar-refractivity contribution in [2.75, 3.05) is 6.61 Å². The van der Waals surface area contributed by atoms with E-state index in [0.29, 0.717) is 4.24 Å². The summed E-state index contributed by atoms with van der Waals surface area (Å²) < 4.78 is 5.64. The summed E-state index contributed by atoms with van der Waals surface area (Å²) in [4.78, 5) is 14.0. The van der Waals surface area contributed by atoms with Crippen LogP contribution in [0.4, 0.5) is 0 Å². The molecule has 0 saturated carbocycles. The normalized spacial score (nSPS) is 12.8. The van der Waals surface area contributed by atoms with Crippen LogP contribution in [0.2, 0.25) is 0 Å². The first kappa shape index (κ1) is 14.0. The van der Waals surface area contributed by atoms with E-state index in [1.165, 1.54) is 23.5 Å². The van der Waals surface area contributed by atoms with E-state index < -0.39 is 5.97 Å². The maximum Gasteiger partial charge on any atom is 0.350 e. The highest BCUT2D eigenvalue weighted by Crippen LogP contribution is 2.54. The highest BCUT2D eigenvalue weighted by molar-refractivity contribution is 8.24. The van der Waals surface area contributed by atoms with Gasteiger partial charge in [0, 0.05) is 9.79 Å². The Labute approximate surface area is 121 Å². The fourth-order valence-electron chi connectivity index (χ4n) is 1.70. The van der Waals surface area contributed by atoms with E-state index in [9.17, 15) is 4.79 Å². The maximum absolute atomic E-state index is 11.8. The number of ether oxygens (including phenoxy) is 1. The van der Waals surface area contributed by atoms with Crippen LogP contribution in [0.15, 0.2) is 31.7 Å². The van der Waals surface area contributed by atoms with Crippen LogP contribution in [0.25, 0.3) is 0 Å². The molecule has 0 aromatic heterocycles. The van der Waals surface area contributed by atoms with Gasteiger partial charge in [0.2, 0.25) is 0 Å². The largest absolute Gasteiger partial charge is 0.462 e. The molecular weight excluding hydrogens is 278 g/mol. The molecule has 2 rings (SSSR count). The van der Waals surface area contributed by atoms with Crippen molar-refractivity contribution < 1.29 is 9.53 Å².